The van der Waals surface area contributed by atoms with Gasteiger partial charge in [-0.1, -0.05) is 57.4 Å². The SMILES string of the molecule is [N-]=[N+]=NCc1ccccc1[C@@H]1OC(c2ccc(OCCCO)cc2)=N[C@]1(Cc1ccc(Br)cc1)C(=O)NNCCN1CCOCC1. The van der Waals surface area contributed by atoms with Crippen LogP contribution in [0.15, 0.2) is 87.4 Å². The van der Waals surface area contributed by atoms with E-state index in [-0.39, 0.29) is 25.5 Å². The first-order valence-corrected chi connectivity index (χ1v) is 16.1. The number of amides is 1. The molecule has 0 radical (unpaired) electrons. The number of hydrogen-bond donors (Lipinski definition) is 3. The molecule has 1 amide bonds. The summed E-state index contributed by atoms with van der Waals surface area (Å²) < 4.78 is 18.7. The van der Waals surface area contributed by atoms with Crippen LogP contribution in [-0.2, 0) is 27.2 Å². The van der Waals surface area contributed by atoms with Crippen LogP contribution in [0.5, 0.6) is 5.75 Å². The molecule has 0 bridgehead atoms. The van der Waals surface area contributed by atoms with Crippen LogP contribution >= 0.6 is 15.9 Å². The average Bonchev–Trinajstić information content (AvgIpc) is 3.48. The number of hydrazine groups is 1. The summed E-state index contributed by atoms with van der Waals surface area (Å²) in [7, 11) is 0. The van der Waals surface area contributed by atoms with Crippen molar-refractivity contribution in [1.82, 2.24) is 15.8 Å². The van der Waals surface area contributed by atoms with Gasteiger partial charge in [-0.15, -0.1) is 0 Å². The Balaban J connectivity index is 1.51. The standard InChI is InChI=1S/C33H38BrN7O5/c34-27-10-6-24(7-11-27)22-33(32(43)39-36-14-15-41-16-20-44-21-17-41)30(29-5-2-1-4-26(29)23-37-40-35)46-31(38-33)25-8-12-28(13-9-25)45-19-3-18-42/h1-2,4-13,30,36,42H,3,14-23H2,(H,39,43)/t30-,33-/m0/s1. The summed E-state index contributed by atoms with van der Waals surface area (Å²) in [5.41, 5.74) is 16.7. The highest BCUT2D eigenvalue weighted by atomic mass is 79.9. The molecule has 0 aliphatic carbocycles. The van der Waals surface area contributed by atoms with Crippen LogP contribution < -0.4 is 15.6 Å². The summed E-state index contributed by atoms with van der Waals surface area (Å²) >= 11 is 3.51. The maximum atomic E-state index is 14.5. The lowest BCUT2D eigenvalue weighted by Gasteiger charge is -2.32. The fraction of sp³-hybridized carbons (Fsp3) is 0.394. The van der Waals surface area contributed by atoms with Gasteiger partial charge in [-0.05, 0) is 58.6 Å². The Labute approximate surface area is 276 Å². The third kappa shape index (κ3) is 8.43. The Morgan fingerprint density at radius 3 is 2.63 bits per heavy atom. The van der Waals surface area contributed by atoms with Gasteiger partial charge in [-0.25, -0.2) is 10.4 Å². The van der Waals surface area contributed by atoms with Gasteiger partial charge in [0.2, 0.25) is 5.90 Å². The van der Waals surface area contributed by atoms with Gasteiger partial charge in [-0.3, -0.25) is 15.1 Å². The summed E-state index contributed by atoms with van der Waals surface area (Å²) in [6.07, 6.45) is -0.0653. The summed E-state index contributed by atoms with van der Waals surface area (Å²) in [6.45, 7) is 4.92. The lowest BCUT2D eigenvalue weighted by Crippen LogP contribution is -2.55. The maximum absolute atomic E-state index is 14.5. The predicted octanol–water partition coefficient (Wildman–Crippen LogP) is 4.47. The molecular formula is C33H38BrN7O5. The summed E-state index contributed by atoms with van der Waals surface area (Å²) in [6, 6.07) is 22.6. The van der Waals surface area contributed by atoms with Gasteiger partial charge in [0, 0.05) is 60.6 Å². The zero-order chi connectivity index (χ0) is 32.2. The van der Waals surface area contributed by atoms with E-state index in [1.807, 2.05) is 72.8 Å². The summed E-state index contributed by atoms with van der Waals surface area (Å²) in [5, 5.41) is 12.9. The number of carbonyl (C=O) groups excluding carboxylic acids is 1. The minimum absolute atomic E-state index is 0.0514. The van der Waals surface area contributed by atoms with E-state index in [1.165, 1.54) is 0 Å². The topological polar surface area (TPSA) is 153 Å². The number of aliphatic hydroxyl groups excluding tert-OH is 1. The normalized spacial score (nSPS) is 19.5. The van der Waals surface area contributed by atoms with Gasteiger partial charge < -0.3 is 19.3 Å². The van der Waals surface area contributed by atoms with Crippen LogP contribution in [0.2, 0.25) is 0 Å². The highest BCUT2D eigenvalue weighted by molar-refractivity contribution is 9.10. The molecule has 5 rings (SSSR count). The van der Waals surface area contributed by atoms with Crippen molar-refractivity contribution in [2.24, 2.45) is 10.1 Å². The van der Waals surface area contributed by atoms with Crippen LogP contribution in [0, 0.1) is 0 Å². The highest BCUT2D eigenvalue weighted by Crippen LogP contribution is 2.43. The lowest BCUT2D eigenvalue weighted by molar-refractivity contribution is -0.130. The first-order chi connectivity index (χ1) is 22.5. The fourth-order valence-electron chi connectivity index (χ4n) is 5.50. The van der Waals surface area contributed by atoms with E-state index in [9.17, 15) is 4.79 Å². The minimum atomic E-state index is -1.42. The number of morpholine rings is 1. The van der Waals surface area contributed by atoms with Crippen molar-refractivity contribution in [3.05, 3.63) is 110 Å². The number of aliphatic imine (C=N–C) groups is 1. The number of benzene rings is 3. The number of nitrogens with one attached hydrogen (secondary N) is 2. The molecule has 3 aromatic rings. The second-order valence-corrected chi connectivity index (χ2v) is 11.9. The molecular weight excluding hydrogens is 654 g/mol. The van der Waals surface area contributed by atoms with Gasteiger partial charge in [0.05, 0.1) is 26.4 Å². The average molecular weight is 693 g/mol. The van der Waals surface area contributed by atoms with E-state index >= 15 is 0 Å². The maximum Gasteiger partial charge on any atom is 0.266 e. The number of hydrogen-bond acceptors (Lipinski definition) is 9. The van der Waals surface area contributed by atoms with Crippen molar-refractivity contribution in [1.29, 1.82) is 0 Å². The molecule has 2 atom stereocenters. The fourth-order valence-corrected chi connectivity index (χ4v) is 5.77. The predicted molar refractivity (Wildman–Crippen MR) is 177 cm³/mol. The molecule has 2 aliphatic rings. The number of aliphatic hydroxyl groups is 1. The van der Waals surface area contributed by atoms with Crippen LogP contribution in [-0.4, -0.2) is 80.0 Å². The van der Waals surface area contributed by atoms with Crippen LogP contribution in [0.1, 0.15) is 34.8 Å². The van der Waals surface area contributed by atoms with E-state index in [1.54, 1.807) is 0 Å². The third-order valence-corrected chi connectivity index (χ3v) is 8.45. The van der Waals surface area contributed by atoms with E-state index in [0.717, 1.165) is 35.2 Å². The first-order valence-electron chi connectivity index (χ1n) is 15.3. The number of rotatable bonds is 15. The summed E-state index contributed by atoms with van der Waals surface area (Å²) in [5.74, 6) is 0.612. The lowest BCUT2D eigenvalue weighted by atomic mass is 9.81. The smallest absolute Gasteiger partial charge is 0.266 e. The number of nitrogens with zero attached hydrogens (tertiary/aromatic N) is 5. The Morgan fingerprint density at radius 1 is 1.13 bits per heavy atom. The second kappa shape index (κ2) is 16.5. The molecule has 0 aromatic heterocycles. The quantitative estimate of drug-likeness (QED) is 0.0699. The zero-order valence-corrected chi connectivity index (χ0v) is 27.1. The van der Waals surface area contributed by atoms with Crippen LogP contribution in [0.25, 0.3) is 10.4 Å². The van der Waals surface area contributed by atoms with Crippen molar-refractivity contribution >= 4 is 27.7 Å². The minimum Gasteiger partial charge on any atom is -0.494 e. The van der Waals surface area contributed by atoms with Gasteiger partial charge in [-0.2, -0.15) is 0 Å². The van der Waals surface area contributed by atoms with Crippen molar-refractivity contribution in [3.63, 3.8) is 0 Å². The largest absolute Gasteiger partial charge is 0.494 e. The first kappa shape index (κ1) is 33.4. The molecule has 2 heterocycles. The van der Waals surface area contributed by atoms with Gasteiger partial charge in [0.15, 0.2) is 11.6 Å². The molecule has 1 saturated heterocycles. The van der Waals surface area contributed by atoms with Crippen molar-refractivity contribution < 1.29 is 24.1 Å². The third-order valence-electron chi connectivity index (χ3n) is 7.92. The number of carbonyl (C=O) groups is 1. The molecule has 12 nitrogen and oxygen atoms in total. The zero-order valence-electron chi connectivity index (χ0n) is 25.5. The second-order valence-electron chi connectivity index (χ2n) is 11.0. The Bertz CT molecular complexity index is 1530. The molecule has 1 fully saturated rings. The van der Waals surface area contributed by atoms with Gasteiger partial charge >= 0.3 is 0 Å². The van der Waals surface area contributed by atoms with E-state index in [4.69, 9.17) is 29.8 Å². The molecule has 3 N–H and O–H groups in total. The van der Waals surface area contributed by atoms with Gasteiger partial charge in [0.1, 0.15) is 5.75 Å². The van der Waals surface area contributed by atoms with Crippen LogP contribution in [0.3, 0.4) is 0 Å². The molecule has 2 aliphatic heterocycles. The molecule has 0 unspecified atom stereocenters. The van der Waals surface area contributed by atoms with Crippen molar-refractivity contribution in [3.8, 4) is 5.75 Å². The van der Waals surface area contributed by atoms with Crippen molar-refractivity contribution in [2.45, 2.75) is 31.0 Å². The Morgan fingerprint density at radius 2 is 1.89 bits per heavy atom. The number of halogens is 1. The molecule has 46 heavy (non-hydrogen) atoms. The van der Waals surface area contributed by atoms with E-state index in [2.05, 4.69) is 41.7 Å². The van der Waals surface area contributed by atoms with E-state index < -0.39 is 11.6 Å². The molecule has 0 saturated carbocycles. The summed E-state index contributed by atoms with van der Waals surface area (Å²) in [4.78, 5) is 24.8. The van der Waals surface area contributed by atoms with E-state index in [0.29, 0.717) is 55.6 Å². The monoisotopic (exact) mass is 691 g/mol. The molecule has 242 valence electrons. The Hall–Kier alpha value is -3.97. The number of ether oxygens (including phenoxy) is 3. The molecule has 13 heteroatoms. The number of azide groups is 1. The van der Waals surface area contributed by atoms with Crippen molar-refractivity contribution in [2.75, 3.05) is 52.6 Å². The Kier molecular flexibility index (Phi) is 12.0. The van der Waals surface area contributed by atoms with Crippen LogP contribution in [0.4, 0.5) is 0 Å². The molecule has 0 spiro atoms. The van der Waals surface area contributed by atoms with Gasteiger partial charge in [0.25, 0.3) is 5.91 Å². The molecule has 3 aromatic carbocycles. The highest BCUT2D eigenvalue weighted by Gasteiger charge is 2.54.